The van der Waals surface area contributed by atoms with Gasteiger partial charge < -0.3 is 5.32 Å². The van der Waals surface area contributed by atoms with Gasteiger partial charge in [0.25, 0.3) is 0 Å². The second kappa shape index (κ2) is 8.28. The molecule has 4 nitrogen and oxygen atoms in total. The van der Waals surface area contributed by atoms with Crippen molar-refractivity contribution < 1.29 is 0 Å². The lowest BCUT2D eigenvalue weighted by Crippen LogP contribution is -2.19. The van der Waals surface area contributed by atoms with Gasteiger partial charge in [0, 0.05) is 20.0 Å². The van der Waals surface area contributed by atoms with Gasteiger partial charge in [-0.3, -0.25) is 4.68 Å². The van der Waals surface area contributed by atoms with Gasteiger partial charge >= 0.3 is 0 Å². The van der Waals surface area contributed by atoms with E-state index in [1.807, 2.05) is 7.05 Å². The summed E-state index contributed by atoms with van der Waals surface area (Å²) in [6, 6.07) is 0. The highest BCUT2D eigenvalue weighted by Crippen LogP contribution is 2.01. The molecule has 0 aromatic carbocycles. The zero-order valence-electron chi connectivity index (χ0n) is 10.6. The lowest BCUT2D eigenvalue weighted by atomic mass is 10.1. The number of nitrogens with zero attached hydrogens (tertiary/aromatic N) is 3. The first-order chi connectivity index (χ1) is 7.83. The normalized spacial score (nSPS) is 10.9. The Hall–Kier alpha value is -0.900. The summed E-state index contributed by atoms with van der Waals surface area (Å²) >= 11 is 0. The molecule has 0 aliphatic heterocycles. The molecule has 0 aliphatic rings. The topological polar surface area (TPSA) is 42.7 Å². The van der Waals surface area contributed by atoms with Crippen molar-refractivity contribution in [3.05, 3.63) is 12.2 Å². The predicted octanol–water partition coefficient (Wildman–Crippen LogP) is 1.92. The van der Waals surface area contributed by atoms with Crippen LogP contribution in [0, 0.1) is 0 Å². The minimum absolute atomic E-state index is 0.926. The Morgan fingerprint density at radius 3 is 2.69 bits per heavy atom. The molecule has 1 heterocycles. The van der Waals surface area contributed by atoms with E-state index < -0.39 is 0 Å². The second-order valence-corrected chi connectivity index (χ2v) is 4.25. The van der Waals surface area contributed by atoms with Crippen LogP contribution in [-0.2, 0) is 13.5 Å². The summed E-state index contributed by atoms with van der Waals surface area (Å²) < 4.78 is 1.75. The summed E-state index contributed by atoms with van der Waals surface area (Å²) in [6.45, 7) is 4.35. The first-order valence-corrected chi connectivity index (χ1v) is 6.38. The van der Waals surface area contributed by atoms with Gasteiger partial charge in [-0.2, -0.15) is 5.10 Å². The number of aryl methyl sites for hydroxylation is 1. The van der Waals surface area contributed by atoms with Crippen LogP contribution in [0.4, 0.5) is 0 Å². The van der Waals surface area contributed by atoms with E-state index in [-0.39, 0.29) is 0 Å². The van der Waals surface area contributed by atoms with E-state index in [9.17, 15) is 0 Å². The molecular weight excluding hydrogens is 200 g/mol. The van der Waals surface area contributed by atoms with Crippen molar-refractivity contribution in [1.82, 2.24) is 20.1 Å². The summed E-state index contributed by atoms with van der Waals surface area (Å²) in [5.41, 5.74) is 0. The quantitative estimate of drug-likeness (QED) is 0.652. The van der Waals surface area contributed by atoms with Crippen LogP contribution in [0.1, 0.15) is 44.9 Å². The standard InChI is InChI=1S/C12H24N4/c1-3-4-5-6-7-9-13-10-8-12-14-11-16(2)15-12/h11,13H,3-10H2,1-2H3. The molecule has 0 atom stereocenters. The fourth-order valence-electron chi connectivity index (χ4n) is 1.68. The molecule has 0 amide bonds. The van der Waals surface area contributed by atoms with E-state index in [0.717, 1.165) is 25.3 Å². The van der Waals surface area contributed by atoms with Crippen LogP contribution in [0.3, 0.4) is 0 Å². The monoisotopic (exact) mass is 224 g/mol. The number of unbranched alkanes of at least 4 members (excludes halogenated alkanes) is 4. The smallest absolute Gasteiger partial charge is 0.151 e. The maximum atomic E-state index is 4.23. The maximum absolute atomic E-state index is 4.23. The molecule has 4 heteroatoms. The zero-order valence-corrected chi connectivity index (χ0v) is 10.6. The Kier molecular flexibility index (Phi) is 6.81. The number of hydrogen-bond acceptors (Lipinski definition) is 3. The number of rotatable bonds is 9. The average Bonchev–Trinajstić information content (AvgIpc) is 2.68. The van der Waals surface area contributed by atoms with Crippen LogP contribution in [0.25, 0.3) is 0 Å². The molecule has 0 saturated carbocycles. The molecule has 92 valence electrons. The van der Waals surface area contributed by atoms with Crippen molar-refractivity contribution in [3.8, 4) is 0 Å². The number of aromatic nitrogens is 3. The maximum Gasteiger partial charge on any atom is 0.151 e. The van der Waals surface area contributed by atoms with Crippen LogP contribution in [0.5, 0.6) is 0 Å². The Morgan fingerprint density at radius 1 is 1.19 bits per heavy atom. The summed E-state index contributed by atoms with van der Waals surface area (Å²) in [5.74, 6) is 0.931. The Balaban J connectivity index is 1.88. The van der Waals surface area contributed by atoms with E-state index in [1.165, 1.54) is 32.1 Å². The first kappa shape index (κ1) is 13.2. The fraction of sp³-hybridized carbons (Fsp3) is 0.833. The molecule has 0 bridgehead atoms. The first-order valence-electron chi connectivity index (χ1n) is 6.38. The van der Waals surface area contributed by atoms with E-state index in [0.29, 0.717) is 0 Å². The predicted molar refractivity (Wildman–Crippen MR) is 66.3 cm³/mol. The molecule has 0 saturated heterocycles. The lowest BCUT2D eigenvalue weighted by molar-refractivity contribution is 0.580. The number of nitrogens with one attached hydrogen (secondary N) is 1. The van der Waals surface area contributed by atoms with Crippen molar-refractivity contribution in [1.29, 1.82) is 0 Å². The molecule has 0 spiro atoms. The SMILES string of the molecule is CCCCCCCNCCc1ncn(C)n1. The molecule has 1 N–H and O–H groups in total. The van der Waals surface area contributed by atoms with Crippen LogP contribution in [0.15, 0.2) is 6.33 Å². The van der Waals surface area contributed by atoms with Gasteiger partial charge in [0.05, 0.1) is 0 Å². The minimum Gasteiger partial charge on any atom is -0.316 e. The lowest BCUT2D eigenvalue weighted by Gasteiger charge is -2.02. The molecule has 0 aliphatic carbocycles. The van der Waals surface area contributed by atoms with Crippen molar-refractivity contribution in [2.24, 2.45) is 7.05 Å². The van der Waals surface area contributed by atoms with E-state index in [1.54, 1.807) is 11.0 Å². The average molecular weight is 224 g/mol. The summed E-state index contributed by atoms with van der Waals surface area (Å²) in [5, 5.41) is 7.67. The summed E-state index contributed by atoms with van der Waals surface area (Å²) in [6.07, 6.45) is 9.38. The third-order valence-electron chi connectivity index (χ3n) is 2.63. The van der Waals surface area contributed by atoms with Gasteiger partial charge in [0.2, 0.25) is 0 Å². The van der Waals surface area contributed by atoms with Gasteiger partial charge in [-0.1, -0.05) is 32.6 Å². The zero-order chi connectivity index (χ0) is 11.6. The van der Waals surface area contributed by atoms with E-state index in [2.05, 4.69) is 22.3 Å². The minimum atomic E-state index is 0.926. The highest BCUT2D eigenvalue weighted by atomic mass is 15.3. The molecule has 0 fully saturated rings. The largest absolute Gasteiger partial charge is 0.316 e. The third kappa shape index (κ3) is 5.85. The third-order valence-corrected chi connectivity index (χ3v) is 2.63. The van der Waals surface area contributed by atoms with Crippen molar-refractivity contribution in [3.63, 3.8) is 0 Å². The summed E-state index contributed by atoms with van der Waals surface area (Å²) in [7, 11) is 1.90. The number of hydrogen-bond donors (Lipinski definition) is 1. The van der Waals surface area contributed by atoms with Crippen LogP contribution in [0.2, 0.25) is 0 Å². The van der Waals surface area contributed by atoms with Crippen LogP contribution >= 0.6 is 0 Å². The van der Waals surface area contributed by atoms with Crippen molar-refractivity contribution >= 4 is 0 Å². The molecule has 1 aromatic heterocycles. The molecule has 0 radical (unpaired) electrons. The molecule has 1 rings (SSSR count). The Labute approximate surface area is 98.5 Å². The van der Waals surface area contributed by atoms with Crippen molar-refractivity contribution in [2.45, 2.75) is 45.4 Å². The van der Waals surface area contributed by atoms with Gasteiger partial charge in [-0.05, 0) is 13.0 Å². The van der Waals surface area contributed by atoms with E-state index >= 15 is 0 Å². The van der Waals surface area contributed by atoms with Gasteiger partial charge in [-0.15, -0.1) is 0 Å². The van der Waals surface area contributed by atoms with Gasteiger partial charge in [0.15, 0.2) is 5.82 Å². The van der Waals surface area contributed by atoms with Crippen LogP contribution in [-0.4, -0.2) is 27.9 Å². The molecule has 0 unspecified atom stereocenters. The highest BCUT2D eigenvalue weighted by molar-refractivity contribution is 4.81. The molecular formula is C12H24N4. The fourth-order valence-corrected chi connectivity index (χ4v) is 1.68. The van der Waals surface area contributed by atoms with Gasteiger partial charge in [0.1, 0.15) is 6.33 Å². The molecule has 16 heavy (non-hydrogen) atoms. The Bertz CT molecular complexity index is 270. The highest BCUT2D eigenvalue weighted by Gasteiger charge is 1.97. The second-order valence-electron chi connectivity index (χ2n) is 4.25. The van der Waals surface area contributed by atoms with E-state index in [4.69, 9.17) is 0 Å². The summed E-state index contributed by atoms with van der Waals surface area (Å²) in [4.78, 5) is 4.19. The molecule has 1 aromatic rings. The van der Waals surface area contributed by atoms with Gasteiger partial charge in [-0.25, -0.2) is 4.98 Å². The van der Waals surface area contributed by atoms with Crippen LogP contribution < -0.4 is 5.32 Å². The van der Waals surface area contributed by atoms with Crippen molar-refractivity contribution in [2.75, 3.05) is 13.1 Å². The Morgan fingerprint density at radius 2 is 2.00 bits per heavy atom.